The summed E-state index contributed by atoms with van der Waals surface area (Å²) in [4.78, 5) is 21.1. The second-order valence-electron chi connectivity index (χ2n) is 6.08. The van der Waals surface area contributed by atoms with Gasteiger partial charge in [0, 0.05) is 29.2 Å². The van der Waals surface area contributed by atoms with Gasteiger partial charge in [0.25, 0.3) is 5.91 Å². The van der Waals surface area contributed by atoms with Gasteiger partial charge in [-0.2, -0.15) is 5.26 Å². The molecule has 6 heteroatoms. The number of fused-ring (bicyclic) bond motifs is 1. The Kier molecular flexibility index (Phi) is 4.64. The molecule has 134 valence electrons. The Balaban J connectivity index is 1.57. The summed E-state index contributed by atoms with van der Waals surface area (Å²) < 4.78 is 0. The molecule has 1 amide bonds. The molecule has 4 aromatic rings. The number of para-hydroxylation sites is 1. The van der Waals surface area contributed by atoms with Crippen LogP contribution in [0.15, 0.2) is 79.1 Å². The van der Waals surface area contributed by atoms with Gasteiger partial charge in [0.05, 0.1) is 22.8 Å². The number of carbonyl (C=O) groups excluding carboxylic acids is 1. The van der Waals surface area contributed by atoms with Crippen LogP contribution < -0.4 is 10.6 Å². The number of pyridine rings is 2. The van der Waals surface area contributed by atoms with E-state index in [-0.39, 0.29) is 11.6 Å². The van der Waals surface area contributed by atoms with E-state index in [0.717, 1.165) is 22.3 Å². The average Bonchev–Trinajstić information content (AvgIpc) is 2.74. The molecule has 0 aliphatic rings. The van der Waals surface area contributed by atoms with Crippen molar-refractivity contribution in [2.45, 2.75) is 0 Å². The van der Waals surface area contributed by atoms with Crippen molar-refractivity contribution in [3.05, 3.63) is 90.4 Å². The Morgan fingerprint density at radius 3 is 2.64 bits per heavy atom. The average molecular weight is 365 g/mol. The molecule has 4 rings (SSSR count). The van der Waals surface area contributed by atoms with Crippen molar-refractivity contribution in [3.63, 3.8) is 0 Å². The minimum Gasteiger partial charge on any atom is -0.354 e. The Labute approximate surface area is 161 Å². The fourth-order valence-electron chi connectivity index (χ4n) is 2.85. The van der Waals surface area contributed by atoms with Gasteiger partial charge in [-0.25, -0.2) is 0 Å². The van der Waals surface area contributed by atoms with E-state index < -0.39 is 0 Å². The van der Waals surface area contributed by atoms with Crippen LogP contribution >= 0.6 is 0 Å². The summed E-state index contributed by atoms with van der Waals surface area (Å²) >= 11 is 0. The predicted molar refractivity (Wildman–Crippen MR) is 108 cm³/mol. The summed E-state index contributed by atoms with van der Waals surface area (Å²) in [5.41, 5.74) is 3.70. The number of amides is 1. The van der Waals surface area contributed by atoms with Crippen molar-refractivity contribution >= 4 is 33.9 Å². The van der Waals surface area contributed by atoms with Crippen LogP contribution in [0.25, 0.3) is 10.9 Å². The molecule has 0 bridgehead atoms. The van der Waals surface area contributed by atoms with Crippen molar-refractivity contribution in [1.29, 1.82) is 5.26 Å². The molecule has 0 saturated heterocycles. The first kappa shape index (κ1) is 17.2. The molecule has 0 atom stereocenters. The van der Waals surface area contributed by atoms with E-state index in [0.29, 0.717) is 11.3 Å². The fraction of sp³-hybridized carbons (Fsp3) is 0. The number of nitrogens with one attached hydrogen (secondary N) is 2. The zero-order chi connectivity index (χ0) is 19.3. The molecule has 0 aliphatic carbocycles. The maximum atomic E-state index is 12.5. The number of anilines is 3. The number of rotatable bonds is 4. The van der Waals surface area contributed by atoms with Crippen LogP contribution in [0.1, 0.15) is 16.1 Å². The molecule has 0 fully saturated rings. The first-order chi connectivity index (χ1) is 13.7. The van der Waals surface area contributed by atoms with Gasteiger partial charge in [-0.15, -0.1) is 0 Å². The molecule has 0 spiro atoms. The van der Waals surface area contributed by atoms with Crippen molar-refractivity contribution in [2.75, 3.05) is 10.6 Å². The van der Waals surface area contributed by atoms with Crippen LogP contribution in [-0.2, 0) is 0 Å². The molecule has 2 aromatic heterocycles. The highest BCUT2D eigenvalue weighted by atomic mass is 16.1. The molecular formula is C22H15N5O. The third kappa shape index (κ3) is 3.64. The lowest BCUT2D eigenvalue weighted by Gasteiger charge is -2.10. The zero-order valence-corrected chi connectivity index (χ0v) is 14.8. The summed E-state index contributed by atoms with van der Waals surface area (Å²) in [5.74, 6) is -0.352. The molecular weight excluding hydrogens is 350 g/mol. The Hall–Kier alpha value is -4.24. The second-order valence-corrected chi connectivity index (χ2v) is 6.08. The normalized spacial score (nSPS) is 10.2. The standard InChI is InChI=1S/C22H15N5O/c23-14-15-4-1-7-17(12-15)27-22(28)20-13-18(9-11-24-20)26-19-8-2-5-16-6-3-10-25-21(16)19/h1-13H,(H,24,26)(H,27,28). The number of carbonyl (C=O) groups is 1. The molecule has 0 aliphatic heterocycles. The highest BCUT2D eigenvalue weighted by molar-refractivity contribution is 6.03. The molecule has 0 saturated carbocycles. The third-order valence-corrected chi connectivity index (χ3v) is 4.15. The quantitative estimate of drug-likeness (QED) is 0.556. The number of nitriles is 1. The smallest absolute Gasteiger partial charge is 0.274 e. The maximum absolute atomic E-state index is 12.5. The van der Waals surface area contributed by atoms with Gasteiger partial charge in [0.1, 0.15) is 5.69 Å². The monoisotopic (exact) mass is 365 g/mol. The number of nitrogens with zero attached hydrogens (tertiary/aromatic N) is 3. The number of aromatic nitrogens is 2. The Morgan fingerprint density at radius 1 is 0.893 bits per heavy atom. The Morgan fingerprint density at radius 2 is 1.75 bits per heavy atom. The SMILES string of the molecule is N#Cc1cccc(NC(=O)c2cc(Nc3cccc4cccnc34)ccn2)c1. The van der Waals surface area contributed by atoms with Crippen LogP contribution in [0, 0.1) is 11.3 Å². The molecule has 28 heavy (non-hydrogen) atoms. The van der Waals surface area contributed by atoms with Crippen LogP contribution in [-0.4, -0.2) is 15.9 Å². The van der Waals surface area contributed by atoms with Gasteiger partial charge in [-0.05, 0) is 42.5 Å². The lowest BCUT2D eigenvalue weighted by molar-refractivity contribution is 0.102. The van der Waals surface area contributed by atoms with E-state index in [1.807, 2.05) is 36.4 Å². The van der Waals surface area contributed by atoms with Gasteiger partial charge < -0.3 is 10.6 Å². The highest BCUT2D eigenvalue weighted by Crippen LogP contribution is 2.24. The Bertz CT molecular complexity index is 1210. The van der Waals surface area contributed by atoms with Crippen molar-refractivity contribution < 1.29 is 4.79 Å². The van der Waals surface area contributed by atoms with Gasteiger partial charge in [-0.3, -0.25) is 14.8 Å². The molecule has 0 radical (unpaired) electrons. The van der Waals surface area contributed by atoms with Crippen LogP contribution in [0.5, 0.6) is 0 Å². The molecule has 2 N–H and O–H groups in total. The zero-order valence-electron chi connectivity index (χ0n) is 14.8. The molecule has 0 unspecified atom stereocenters. The summed E-state index contributed by atoms with van der Waals surface area (Å²) in [6.07, 6.45) is 3.32. The van der Waals surface area contributed by atoms with Crippen molar-refractivity contribution in [3.8, 4) is 6.07 Å². The van der Waals surface area contributed by atoms with E-state index in [4.69, 9.17) is 5.26 Å². The van der Waals surface area contributed by atoms with Gasteiger partial charge in [0.15, 0.2) is 0 Å². The number of benzene rings is 2. The van der Waals surface area contributed by atoms with Crippen molar-refractivity contribution in [1.82, 2.24) is 9.97 Å². The van der Waals surface area contributed by atoms with Gasteiger partial charge >= 0.3 is 0 Å². The largest absolute Gasteiger partial charge is 0.354 e. The van der Waals surface area contributed by atoms with E-state index >= 15 is 0 Å². The fourth-order valence-corrected chi connectivity index (χ4v) is 2.85. The topological polar surface area (TPSA) is 90.7 Å². The summed E-state index contributed by atoms with van der Waals surface area (Å²) in [6.45, 7) is 0. The molecule has 2 heterocycles. The van der Waals surface area contributed by atoms with E-state index in [1.165, 1.54) is 0 Å². The van der Waals surface area contributed by atoms with E-state index in [1.54, 1.807) is 48.8 Å². The third-order valence-electron chi connectivity index (χ3n) is 4.15. The highest BCUT2D eigenvalue weighted by Gasteiger charge is 2.10. The van der Waals surface area contributed by atoms with Crippen molar-refractivity contribution in [2.24, 2.45) is 0 Å². The number of hydrogen-bond acceptors (Lipinski definition) is 5. The predicted octanol–water partition coefficient (Wildman–Crippen LogP) is 4.50. The van der Waals surface area contributed by atoms with Crippen LogP contribution in [0.2, 0.25) is 0 Å². The second kappa shape index (κ2) is 7.56. The van der Waals surface area contributed by atoms with Gasteiger partial charge in [0.2, 0.25) is 0 Å². The van der Waals surface area contributed by atoms with Crippen LogP contribution in [0.3, 0.4) is 0 Å². The van der Waals surface area contributed by atoms with Gasteiger partial charge in [-0.1, -0.05) is 24.3 Å². The molecule has 6 nitrogen and oxygen atoms in total. The lowest BCUT2D eigenvalue weighted by atomic mass is 10.2. The first-order valence-electron chi connectivity index (χ1n) is 8.61. The minimum absolute atomic E-state index is 0.264. The molecule has 2 aromatic carbocycles. The maximum Gasteiger partial charge on any atom is 0.274 e. The van der Waals surface area contributed by atoms with E-state index in [9.17, 15) is 4.79 Å². The van der Waals surface area contributed by atoms with E-state index in [2.05, 4.69) is 20.6 Å². The minimum atomic E-state index is -0.352. The number of hydrogen-bond donors (Lipinski definition) is 2. The summed E-state index contributed by atoms with van der Waals surface area (Å²) in [7, 11) is 0. The van der Waals surface area contributed by atoms with Crippen LogP contribution in [0.4, 0.5) is 17.1 Å². The summed E-state index contributed by atoms with van der Waals surface area (Å²) in [5, 5.41) is 16.1. The lowest BCUT2D eigenvalue weighted by Crippen LogP contribution is -2.13. The summed E-state index contributed by atoms with van der Waals surface area (Å²) in [6, 6.07) is 22.0. The first-order valence-corrected chi connectivity index (χ1v) is 8.61.